The molecule has 0 fully saturated rings. The first-order valence-corrected chi connectivity index (χ1v) is 6.63. The van der Waals surface area contributed by atoms with Crippen LogP contribution in [0.5, 0.6) is 0 Å². The Morgan fingerprint density at radius 2 is 1.15 bits per heavy atom. The lowest BCUT2D eigenvalue weighted by atomic mass is 10.2. The van der Waals surface area contributed by atoms with Crippen LogP contribution in [-0.2, 0) is 19.1 Å². The van der Waals surface area contributed by atoms with Gasteiger partial charge in [0.05, 0.1) is 13.2 Å². The third-order valence-corrected chi connectivity index (χ3v) is 2.22. The molecule has 0 saturated carbocycles. The molecule has 0 aliphatic rings. The van der Waals surface area contributed by atoms with Crippen LogP contribution in [0.25, 0.3) is 0 Å². The van der Waals surface area contributed by atoms with Gasteiger partial charge in [-0.2, -0.15) is 0 Å². The second kappa shape index (κ2) is 10.9. The highest BCUT2D eigenvalue weighted by Gasteiger charge is 1.99. The molecule has 0 aromatic carbocycles. The molecule has 0 aromatic rings. The summed E-state index contributed by atoms with van der Waals surface area (Å²) in [6.45, 7) is 4.00. The zero-order valence-electron chi connectivity index (χ0n) is 12.2. The normalized spacial score (nSPS) is 12.1. The largest absolute Gasteiger partial charge is 0.462 e. The number of ether oxygens (including phenoxy) is 2. The highest BCUT2D eigenvalue weighted by Crippen LogP contribution is 2.01. The van der Waals surface area contributed by atoms with Crippen molar-refractivity contribution in [2.45, 2.75) is 39.5 Å². The number of carbonyl (C=O) groups is 2. The number of allylic oxidation sites excluding steroid dienone is 2. The molecule has 0 aliphatic carbocycles. The Morgan fingerprint density at radius 1 is 0.800 bits per heavy atom. The molecule has 6 nitrogen and oxygen atoms in total. The van der Waals surface area contributed by atoms with E-state index in [4.69, 9.17) is 20.9 Å². The van der Waals surface area contributed by atoms with E-state index in [2.05, 4.69) is 0 Å². The van der Waals surface area contributed by atoms with Crippen LogP contribution in [0.2, 0.25) is 0 Å². The molecule has 0 atom stereocenters. The maximum atomic E-state index is 11.1. The van der Waals surface area contributed by atoms with Crippen LogP contribution < -0.4 is 11.5 Å². The number of unbranched alkanes of at least 4 members (excludes halogenated alkanes) is 3. The molecule has 0 aliphatic heterocycles. The first kappa shape index (κ1) is 18.0. The van der Waals surface area contributed by atoms with E-state index < -0.39 is 11.9 Å². The lowest BCUT2D eigenvalue weighted by Crippen LogP contribution is -2.06. The quantitative estimate of drug-likeness (QED) is 0.376. The van der Waals surface area contributed by atoms with Crippen LogP contribution in [-0.4, -0.2) is 25.2 Å². The van der Waals surface area contributed by atoms with E-state index in [1.54, 1.807) is 13.8 Å². The molecule has 0 aromatic heterocycles. The average Bonchev–Trinajstić information content (AvgIpc) is 2.30. The molecule has 0 bridgehead atoms. The summed E-state index contributed by atoms with van der Waals surface area (Å²) in [5.74, 6) is -0.828. The van der Waals surface area contributed by atoms with Crippen molar-refractivity contribution in [3.05, 3.63) is 23.5 Å². The Kier molecular flexibility index (Phi) is 9.82. The Morgan fingerprint density at radius 3 is 1.45 bits per heavy atom. The van der Waals surface area contributed by atoms with Gasteiger partial charge in [0, 0.05) is 23.5 Å². The SMILES string of the molecule is C/C(N)=C/C(=O)OCCCCCCOC(=O)/C=C(/C)N. The summed E-state index contributed by atoms with van der Waals surface area (Å²) in [5.41, 5.74) is 11.5. The van der Waals surface area contributed by atoms with Gasteiger partial charge in [-0.25, -0.2) is 9.59 Å². The lowest BCUT2D eigenvalue weighted by molar-refractivity contribution is -0.139. The fraction of sp³-hybridized carbons (Fsp3) is 0.571. The first-order valence-electron chi connectivity index (χ1n) is 6.63. The Hall–Kier alpha value is -1.98. The van der Waals surface area contributed by atoms with Gasteiger partial charge in [0.25, 0.3) is 0 Å². The summed E-state index contributed by atoms with van der Waals surface area (Å²) in [6, 6.07) is 0. The monoisotopic (exact) mass is 284 g/mol. The fourth-order valence-corrected chi connectivity index (χ4v) is 1.36. The Bertz CT molecular complexity index is 331. The van der Waals surface area contributed by atoms with Gasteiger partial charge in [-0.15, -0.1) is 0 Å². The maximum Gasteiger partial charge on any atom is 0.332 e. The number of esters is 2. The molecule has 0 unspecified atom stereocenters. The van der Waals surface area contributed by atoms with E-state index in [1.807, 2.05) is 0 Å². The zero-order valence-corrected chi connectivity index (χ0v) is 12.2. The standard InChI is InChI=1S/C14H24N2O4/c1-11(15)9-13(17)19-7-5-3-4-6-8-20-14(18)10-12(2)16/h9-10H,3-8,15-16H2,1-2H3/b11-9-,12-10-. The average molecular weight is 284 g/mol. The summed E-state index contributed by atoms with van der Waals surface area (Å²) >= 11 is 0. The highest BCUT2D eigenvalue weighted by atomic mass is 16.5. The summed E-state index contributed by atoms with van der Waals surface area (Å²) in [6.07, 6.45) is 5.88. The molecule has 6 heteroatoms. The van der Waals surface area contributed by atoms with E-state index in [-0.39, 0.29) is 0 Å². The summed E-state index contributed by atoms with van der Waals surface area (Å²) in [4.78, 5) is 22.2. The molecule has 114 valence electrons. The van der Waals surface area contributed by atoms with Gasteiger partial charge in [0.2, 0.25) is 0 Å². The molecule has 0 radical (unpaired) electrons. The van der Waals surface area contributed by atoms with E-state index in [0.717, 1.165) is 25.7 Å². The maximum absolute atomic E-state index is 11.1. The van der Waals surface area contributed by atoms with Crippen LogP contribution in [0.15, 0.2) is 23.5 Å². The minimum Gasteiger partial charge on any atom is -0.462 e. The van der Waals surface area contributed by atoms with Gasteiger partial charge in [0.1, 0.15) is 0 Å². The van der Waals surface area contributed by atoms with Crippen LogP contribution in [0, 0.1) is 0 Å². The van der Waals surface area contributed by atoms with Crippen molar-refractivity contribution in [1.29, 1.82) is 0 Å². The number of hydrogen-bond donors (Lipinski definition) is 2. The number of carbonyl (C=O) groups excluding carboxylic acids is 2. The van der Waals surface area contributed by atoms with E-state index in [9.17, 15) is 9.59 Å². The molecule has 0 spiro atoms. The molecular weight excluding hydrogens is 260 g/mol. The number of hydrogen-bond acceptors (Lipinski definition) is 6. The third kappa shape index (κ3) is 12.5. The molecule has 20 heavy (non-hydrogen) atoms. The molecule has 0 heterocycles. The molecular formula is C14H24N2O4. The van der Waals surface area contributed by atoms with Gasteiger partial charge in [-0.05, 0) is 39.5 Å². The van der Waals surface area contributed by atoms with Crippen LogP contribution in [0.1, 0.15) is 39.5 Å². The first-order chi connectivity index (χ1) is 9.41. The second-order valence-corrected chi connectivity index (χ2v) is 4.53. The van der Waals surface area contributed by atoms with Crippen molar-refractivity contribution in [2.75, 3.05) is 13.2 Å². The lowest BCUT2D eigenvalue weighted by Gasteiger charge is -2.04. The van der Waals surface area contributed by atoms with E-state index >= 15 is 0 Å². The van der Waals surface area contributed by atoms with Crippen LogP contribution in [0.3, 0.4) is 0 Å². The Labute approximate surface area is 119 Å². The van der Waals surface area contributed by atoms with E-state index in [0.29, 0.717) is 24.6 Å². The molecule has 0 saturated heterocycles. The van der Waals surface area contributed by atoms with Crippen molar-refractivity contribution in [3.63, 3.8) is 0 Å². The van der Waals surface area contributed by atoms with Gasteiger partial charge < -0.3 is 20.9 Å². The fourth-order valence-electron chi connectivity index (χ4n) is 1.36. The van der Waals surface area contributed by atoms with Crippen LogP contribution >= 0.6 is 0 Å². The van der Waals surface area contributed by atoms with Gasteiger partial charge in [-0.1, -0.05) is 0 Å². The van der Waals surface area contributed by atoms with Crippen LogP contribution in [0.4, 0.5) is 0 Å². The minimum absolute atomic E-state index is 0.373. The number of rotatable bonds is 9. The number of nitrogens with two attached hydrogens (primary N) is 2. The third-order valence-electron chi connectivity index (χ3n) is 2.22. The van der Waals surface area contributed by atoms with Crippen molar-refractivity contribution in [1.82, 2.24) is 0 Å². The second-order valence-electron chi connectivity index (χ2n) is 4.53. The summed E-state index contributed by atoms with van der Waals surface area (Å²) < 4.78 is 9.88. The summed E-state index contributed by atoms with van der Waals surface area (Å²) in [5, 5.41) is 0. The molecule has 0 amide bonds. The predicted molar refractivity (Wildman–Crippen MR) is 76.3 cm³/mol. The van der Waals surface area contributed by atoms with Crippen molar-refractivity contribution in [3.8, 4) is 0 Å². The minimum atomic E-state index is -0.414. The topological polar surface area (TPSA) is 105 Å². The van der Waals surface area contributed by atoms with Crippen molar-refractivity contribution >= 4 is 11.9 Å². The van der Waals surface area contributed by atoms with Gasteiger partial charge >= 0.3 is 11.9 Å². The smallest absolute Gasteiger partial charge is 0.332 e. The van der Waals surface area contributed by atoms with Crippen molar-refractivity contribution < 1.29 is 19.1 Å². The zero-order chi connectivity index (χ0) is 15.4. The molecule has 0 rings (SSSR count). The van der Waals surface area contributed by atoms with E-state index in [1.165, 1.54) is 12.2 Å². The van der Waals surface area contributed by atoms with Crippen molar-refractivity contribution in [2.24, 2.45) is 11.5 Å². The highest BCUT2D eigenvalue weighted by molar-refractivity contribution is 5.82. The van der Waals surface area contributed by atoms with Gasteiger partial charge in [0.15, 0.2) is 0 Å². The van der Waals surface area contributed by atoms with Gasteiger partial charge in [-0.3, -0.25) is 0 Å². The predicted octanol–water partition coefficient (Wildman–Crippen LogP) is 1.36. The Balaban J connectivity index is 3.42. The molecule has 4 N–H and O–H groups in total. The summed E-state index contributed by atoms with van der Waals surface area (Å²) in [7, 11) is 0.